The molecule has 0 fully saturated rings. The second-order valence-electron chi connectivity index (χ2n) is 6.14. The zero-order chi connectivity index (χ0) is 18.1. The molecule has 0 N–H and O–H groups in total. The standard InChI is InChI=1S/C20H16F2N2O2/c21-14-5-3-6-15(22)20(14)17-12-23-18(26-17)8-9-19(25)24-11-10-13-4-1-2-7-16(13)24/h1-7,12H,8-11H2. The summed E-state index contributed by atoms with van der Waals surface area (Å²) in [5, 5.41) is 0. The summed E-state index contributed by atoms with van der Waals surface area (Å²) in [4.78, 5) is 18.3. The van der Waals surface area contributed by atoms with Crippen LogP contribution in [0, 0.1) is 11.6 Å². The van der Waals surface area contributed by atoms with E-state index in [1.807, 2.05) is 24.3 Å². The lowest BCUT2D eigenvalue weighted by Crippen LogP contribution is -2.29. The molecule has 0 aliphatic carbocycles. The van der Waals surface area contributed by atoms with Gasteiger partial charge in [-0.2, -0.15) is 0 Å². The van der Waals surface area contributed by atoms with E-state index in [4.69, 9.17) is 4.42 Å². The molecule has 6 heteroatoms. The Bertz CT molecular complexity index is 948. The molecule has 0 spiro atoms. The SMILES string of the molecule is O=C(CCc1ncc(-c2c(F)cccc2F)o1)N1CCc2ccccc21. The average molecular weight is 354 g/mol. The van der Waals surface area contributed by atoms with Crippen LogP contribution in [0.3, 0.4) is 0 Å². The highest BCUT2D eigenvalue weighted by Crippen LogP contribution is 2.29. The van der Waals surface area contributed by atoms with Gasteiger partial charge in [0.1, 0.15) is 11.6 Å². The minimum Gasteiger partial charge on any atom is -0.441 e. The van der Waals surface area contributed by atoms with Gasteiger partial charge in [0.15, 0.2) is 11.7 Å². The molecule has 0 bridgehead atoms. The number of rotatable bonds is 4. The molecule has 1 aliphatic heterocycles. The van der Waals surface area contributed by atoms with Crippen LogP contribution in [0.15, 0.2) is 53.1 Å². The van der Waals surface area contributed by atoms with Gasteiger partial charge in [0.25, 0.3) is 0 Å². The van der Waals surface area contributed by atoms with E-state index in [1.54, 1.807) is 4.90 Å². The third kappa shape index (κ3) is 2.98. The molecule has 2 heterocycles. The van der Waals surface area contributed by atoms with E-state index in [-0.39, 0.29) is 36.0 Å². The summed E-state index contributed by atoms with van der Waals surface area (Å²) in [5.41, 5.74) is 1.86. The number of halogens is 2. The third-order valence-electron chi connectivity index (χ3n) is 4.50. The molecule has 26 heavy (non-hydrogen) atoms. The molecule has 0 saturated carbocycles. The number of aromatic nitrogens is 1. The van der Waals surface area contributed by atoms with Crippen LogP contribution in [-0.4, -0.2) is 17.4 Å². The van der Waals surface area contributed by atoms with Crippen molar-refractivity contribution in [2.24, 2.45) is 0 Å². The minimum absolute atomic E-state index is 0.0215. The van der Waals surface area contributed by atoms with E-state index in [0.717, 1.165) is 29.8 Å². The Morgan fingerprint density at radius 1 is 1.12 bits per heavy atom. The summed E-state index contributed by atoms with van der Waals surface area (Å²) in [7, 11) is 0. The number of carbonyl (C=O) groups is 1. The second-order valence-corrected chi connectivity index (χ2v) is 6.14. The van der Waals surface area contributed by atoms with Crippen molar-refractivity contribution >= 4 is 11.6 Å². The van der Waals surface area contributed by atoms with E-state index in [0.29, 0.717) is 6.54 Å². The number of hydrogen-bond donors (Lipinski definition) is 0. The van der Waals surface area contributed by atoms with Crippen LogP contribution in [0.25, 0.3) is 11.3 Å². The Hall–Kier alpha value is -3.02. The molecule has 2 aromatic carbocycles. The van der Waals surface area contributed by atoms with Gasteiger partial charge in [-0.05, 0) is 30.2 Å². The molecule has 0 atom stereocenters. The molecule has 0 unspecified atom stereocenters. The van der Waals surface area contributed by atoms with E-state index in [2.05, 4.69) is 4.98 Å². The predicted octanol–water partition coefficient (Wildman–Crippen LogP) is 4.14. The van der Waals surface area contributed by atoms with Crippen molar-refractivity contribution in [3.8, 4) is 11.3 Å². The van der Waals surface area contributed by atoms with E-state index in [9.17, 15) is 13.6 Å². The van der Waals surface area contributed by atoms with Gasteiger partial charge in [-0.3, -0.25) is 4.79 Å². The van der Waals surface area contributed by atoms with Gasteiger partial charge in [0.2, 0.25) is 5.91 Å². The van der Waals surface area contributed by atoms with Gasteiger partial charge in [0, 0.05) is 25.1 Å². The van der Waals surface area contributed by atoms with E-state index >= 15 is 0 Å². The summed E-state index contributed by atoms with van der Waals surface area (Å²) in [6.07, 6.45) is 2.62. The van der Waals surface area contributed by atoms with Gasteiger partial charge in [0.05, 0.1) is 11.8 Å². The molecule has 1 aromatic heterocycles. The quantitative estimate of drug-likeness (QED) is 0.707. The van der Waals surface area contributed by atoms with E-state index in [1.165, 1.54) is 12.3 Å². The summed E-state index contributed by atoms with van der Waals surface area (Å²) >= 11 is 0. The number of fused-ring (bicyclic) bond motifs is 1. The number of hydrogen-bond acceptors (Lipinski definition) is 3. The maximum Gasteiger partial charge on any atom is 0.227 e. The lowest BCUT2D eigenvalue weighted by atomic mass is 10.1. The molecular weight excluding hydrogens is 338 g/mol. The Labute approximate surface area is 149 Å². The number of benzene rings is 2. The maximum absolute atomic E-state index is 13.8. The van der Waals surface area contributed by atoms with Crippen LogP contribution in [0.4, 0.5) is 14.5 Å². The van der Waals surface area contributed by atoms with Gasteiger partial charge >= 0.3 is 0 Å². The van der Waals surface area contributed by atoms with Gasteiger partial charge in [-0.25, -0.2) is 13.8 Å². The summed E-state index contributed by atoms with van der Waals surface area (Å²) in [6, 6.07) is 11.4. The van der Waals surface area contributed by atoms with E-state index < -0.39 is 11.6 Å². The fourth-order valence-electron chi connectivity index (χ4n) is 3.22. The number of para-hydroxylation sites is 1. The number of carbonyl (C=O) groups excluding carboxylic acids is 1. The third-order valence-corrected chi connectivity index (χ3v) is 4.50. The van der Waals surface area contributed by atoms with Crippen molar-refractivity contribution in [1.82, 2.24) is 4.98 Å². The van der Waals surface area contributed by atoms with Crippen molar-refractivity contribution < 1.29 is 18.0 Å². The summed E-state index contributed by atoms with van der Waals surface area (Å²) in [6.45, 7) is 0.662. The van der Waals surface area contributed by atoms with Crippen molar-refractivity contribution in [3.05, 3.63) is 71.8 Å². The second kappa shape index (κ2) is 6.71. The summed E-state index contributed by atoms with van der Waals surface area (Å²) in [5.74, 6) is -1.14. The van der Waals surface area contributed by atoms with Crippen molar-refractivity contribution in [3.63, 3.8) is 0 Å². The predicted molar refractivity (Wildman–Crippen MR) is 92.7 cm³/mol. The van der Waals surface area contributed by atoms with Crippen LogP contribution in [0.5, 0.6) is 0 Å². The molecule has 1 aliphatic rings. The first kappa shape index (κ1) is 16.4. The zero-order valence-electron chi connectivity index (χ0n) is 13.9. The molecule has 0 radical (unpaired) electrons. The highest BCUT2D eigenvalue weighted by atomic mass is 19.1. The summed E-state index contributed by atoms with van der Waals surface area (Å²) < 4.78 is 33.1. The monoisotopic (exact) mass is 354 g/mol. The normalized spacial score (nSPS) is 13.1. The van der Waals surface area contributed by atoms with Gasteiger partial charge in [-0.15, -0.1) is 0 Å². The molecular formula is C20H16F2N2O2. The number of aryl methyl sites for hydroxylation is 1. The van der Waals surface area contributed by atoms with Crippen molar-refractivity contribution in [2.75, 3.05) is 11.4 Å². The van der Waals surface area contributed by atoms with Crippen LogP contribution in [-0.2, 0) is 17.6 Å². The lowest BCUT2D eigenvalue weighted by Gasteiger charge is -2.16. The molecule has 0 saturated heterocycles. The van der Waals surface area contributed by atoms with Crippen LogP contribution < -0.4 is 4.90 Å². The van der Waals surface area contributed by atoms with Crippen molar-refractivity contribution in [2.45, 2.75) is 19.3 Å². The first-order chi connectivity index (χ1) is 12.6. The first-order valence-corrected chi connectivity index (χ1v) is 8.41. The number of anilines is 1. The van der Waals surface area contributed by atoms with Crippen LogP contribution in [0.1, 0.15) is 17.9 Å². The molecule has 1 amide bonds. The highest BCUT2D eigenvalue weighted by molar-refractivity contribution is 5.95. The minimum atomic E-state index is -0.711. The Morgan fingerprint density at radius 2 is 1.88 bits per heavy atom. The number of nitrogens with zero attached hydrogens (tertiary/aromatic N) is 2. The highest BCUT2D eigenvalue weighted by Gasteiger charge is 2.24. The van der Waals surface area contributed by atoms with Crippen LogP contribution >= 0.6 is 0 Å². The van der Waals surface area contributed by atoms with Crippen LogP contribution in [0.2, 0.25) is 0 Å². The first-order valence-electron chi connectivity index (χ1n) is 8.41. The lowest BCUT2D eigenvalue weighted by molar-refractivity contribution is -0.118. The topological polar surface area (TPSA) is 46.3 Å². The van der Waals surface area contributed by atoms with Crippen molar-refractivity contribution in [1.29, 1.82) is 0 Å². The van der Waals surface area contributed by atoms with Gasteiger partial charge in [-0.1, -0.05) is 24.3 Å². The Balaban J connectivity index is 1.45. The fourth-order valence-corrected chi connectivity index (χ4v) is 3.22. The maximum atomic E-state index is 13.8. The Morgan fingerprint density at radius 3 is 2.69 bits per heavy atom. The number of amides is 1. The largest absolute Gasteiger partial charge is 0.441 e. The smallest absolute Gasteiger partial charge is 0.227 e. The molecule has 132 valence electrons. The number of oxazole rings is 1. The average Bonchev–Trinajstić information content (AvgIpc) is 3.27. The zero-order valence-corrected chi connectivity index (χ0v) is 13.9. The molecule has 3 aromatic rings. The fraction of sp³-hybridized carbons (Fsp3) is 0.200. The van der Waals surface area contributed by atoms with Gasteiger partial charge < -0.3 is 9.32 Å². The Kier molecular flexibility index (Phi) is 4.24. The molecule has 4 rings (SSSR count). The molecule has 4 nitrogen and oxygen atoms in total.